The Bertz CT molecular complexity index is 1570. The van der Waals surface area contributed by atoms with Crippen molar-refractivity contribution in [3.8, 4) is 28.4 Å². The van der Waals surface area contributed by atoms with Crippen LogP contribution in [0.25, 0.3) is 16.9 Å². The summed E-state index contributed by atoms with van der Waals surface area (Å²) in [4.78, 5) is 28.7. The number of thioether (sulfide) groups is 1. The molecule has 1 aliphatic rings. The highest BCUT2D eigenvalue weighted by atomic mass is 32.2. The lowest BCUT2D eigenvalue weighted by Gasteiger charge is -2.24. The van der Waals surface area contributed by atoms with E-state index in [1.807, 2.05) is 79.7 Å². The van der Waals surface area contributed by atoms with E-state index in [-0.39, 0.29) is 29.4 Å². The molecule has 0 bridgehead atoms. The summed E-state index contributed by atoms with van der Waals surface area (Å²) in [5.41, 5.74) is 5.18. The van der Waals surface area contributed by atoms with Crippen molar-refractivity contribution < 1.29 is 23.8 Å². The molecular weight excluding hydrogens is 564 g/mol. The van der Waals surface area contributed by atoms with Gasteiger partial charge in [0.15, 0.2) is 0 Å². The molecule has 0 saturated heterocycles. The van der Waals surface area contributed by atoms with Gasteiger partial charge < -0.3 is 19.5 Å². The van der Waals surface area contributed by atoms with Crippen LogP contribution < -0.4 is 19.7 Å². The lowest BCUT2D eigenvalue weighted by atomic mass is 9.98. The van der Waals surface area contributed by atoms with Gasteiger partial charge in [-0.1, -0.05) is 48.0 Å². The van der Waals surface area contributed by atoms with Crippen LogP contribution in [0.4, 0.5) is 5.82 Å². The van der Waals surface area contributed by atoms with Gasteiger partial charge in [-0.25, -0.2) is 4.68 Å². The quantitative estimate of drug-likeness (QED) is 0.237. The van der Waals surface area contributed by atoms with Gasteiger partial charge in [0.2, 0.25) is 11.8 Å². The molecule has 1 atom stereocenters. The molecule has 0 saturated carbocycles. The number of fused-ring (bicyclic) bond motifs is 1. The van der Waals surface area contributed by atoms with E-state index in [1.165, 1.54) is 11.8 Å². The fourth-order valence-electron chi connectivity index (χ4n) is 5.13. The molecule has 5 rings (SSSR count). The standard InChI is InChI=1S/C33H36N4O5S/c1-22-11-13-24(14-12-22)37-33-30(31(35-37)23-9-6-5-7-10-23)32(26-19-25(41-3)15-16-27(26)42-4)43-21-29(39)36(33)20-28(38)34-17-8-18-40-2/h5-7,9-16,19,32H,8,17-18,20-21H2,1-4H3,(H,34,38)/t32-/m1/s1. The third kappa shape index (κ3) is 6.55. The maximum Gasteiger partial charge on any atom is 0.240 e. The van der Waals surface area contributed by atoms with Gasteiger partial charge in [0.25, 0.3) is 0 Å². The van der Waals surface area contributed by atoms with Crippen molar-refractivity contribution in [2.45, 2.75) is 18.6 Å². The first-order valence-corrected chi connectivity index (χ1v) is 15.1. The van der Waals surface area contributed by atoms with Gasteiger partial charge in [-0.05, 0) is 43.7 Å². The Labute approximate surface area is 256 Å². The van der Waals surface area contributed by atoms with Crippen molar-refractivity contribution in [2.75, 3.05) is 51.7 Å². The molecule has 224 valence electrons. The number of hydrogen-bond acceptors (Lipinski definition) is 7. The van der Waals surface area contributed by atoms with E-state index in [2.05, 4.69) is 5.32 Å². The van der Waals surface area contributed by atoms with Gasteiger partial charge >= 0.3 is 0 Å². The number of methoxy groups -OCH3 is 3. The number of aromatic nitrogens is 2. The van der Waals surface area contributed by atoms with E-state index in [9.17, 15) is 9.59 Å². The number of amides is 2. The Hall–Kier alpha value is -4.28. The molecule has 0 aliphatic carbocycles. The zero-order valence-electron chi connectivity index (χ0n) is 24.8. The monoisotopic (exact) mass is 600 g/mol. The van der Waals surface area contributed by atoms with Crippen LogP contribution in [0.3, 0.4) is 0 Å². The van der Waals surface area contributed by atoms with Crippen LogP contribution >= 0.6 is 11.8 Å². The van der Waals surface area contributed by atoms with Crippen LogP contribution in [0.2, 0.25) is 0 Å². The maximum absolute atomic E-state index is 13.9. The summed E-state index contributed by atoms with van der Waals surface area (Å²) in [6.07, 6.45) is 0.675. The van der Waals surface area contributed by atoms with Crippen molar-refractivity contribution in [3.63, 3.8) is 0 Å². The highest BCUT2D eigenvalue weighted by Crippen LogP contribution is 2.51. The van der Waals surface area contributed by atoms with Gasteiger partial charge in [-0.2, -0.15) is 5.10 Å². The van der Waals surface area contributed by atoms with Crippen molar-refractivity contribution in [2.24, 2.45) is 0 Å². The van der Waals surface area contributed by atoms with Gasteiger partial charge in [0.1, 0.15) is 23.9 Å². The molecule has 1 N–H and O–H groups in total. The summed E-state index contributed by atoms with van der Waals surface area (Å²) in [6.45, 7) is 2.86. The van der Waals surface area contributed by atoms with Crippen molar-refractivity contribution in [3.05, 3.63) is 89.5 Å². The molecular formula is C33H36N4O5S. The minimum atomic E-state index is -0.354. The summed E-state index contributed by atoms with van der Waals surface area (Å²) >= 11 is 1.48. The van der Waals surface area contributed by atoms with Crippen LogP contribution in [0, 0.1) is 6.92 Å². The van der Waals surface area contributed by atoms with Crippen LogP contribution in [-0.4, -0.2) is 68.4 Å². The van der Waals surface area contributed by atoms with Crippen molar-refractivity contribution in [1.82, 2.24) is 15.1 Å². The second-order valence-electron chi connectivity index (χ2n) is 10.2. The summed E-state index contributed by atoms with van der Waals surface area (Å²) < 4.78 is 18.3. The first-order valence-electron chi connectivity index (χ1n) is 14.1. The Kier molecular flexibility index (Phi) is 9.68. The zero-order chi connectivity index (χ0) is 30.3. The van der Waals surface area contributed by atoms with E-state index in [0.717, 1.165) is 33.6 Å². The molecule has 0 spiro atoms. The van der Waals surface area contributed by atoms with E-state index in [4.69, 9.17) is 19.3 Å². The van der Waals surface area contributed by atoms with Gasteiger partial charge in [-0.3, -0.25) is 14.5 Å². The highest BCUT2D eigenvalue weighted by molar-refractivity contribution is 8.00. The number of anilines is 1. The summed E-state index contributed by atoms with van der Waals surface area (Å²) in [7, 11) is 4.88. The van der Waals surface area contributed by atoms with E-state index >= 15 is 0 Å². The predicted molar refractivity (Wildman–Crippen MR) is 169 cm³/mol. The predicted octanol–water partition coefficient (Wildman–Crippen LogP) is 5.19. The van der Waals surface area contributed by atoms with E-state index < -0.39 is 0 Å². The molecule has 43 heavy (non-hydrogen) atoms. The zero-order valence-corrected chi connectivity index (χ0v) is 25.6. The number of nitrogens with zero attached hydrogens (tertiary/aromatic N) is 3. The summed E-state index contributed by atoms with van der Waals surface area (Å²) in [5, 5.41) is 7.72. The van der Waals surface area contributed by atoms with Crippen LogP contribution in [0.1, 0.15) is 28.4 Å². The molecule has 0 unspecified atom stereocenters. The number of rotatable bonds is 11. The Morgan fingerprint density at radius 3 is 2.49 bits per heavy atom. The number of carbonyl (C=O) groups excluding carboxylic acids is 2. The third-order valence-corrected chi connectivity index (χ3v) is 8.52. The number of benzene rings is 3. The number of nitrogens with one attached hydrogen (secondary N) is 1. The molecule has 0 radical (unpaired) electrons. The third-order valence-electron chi connectivity index (χ3n) is 7.28. The maximum atomic E-state index is 13.9. The minimum absolute atomic E-state index is 0.146. The highest BCUT2D eigenvalue weighted by Gasteiger charge is 2.38. The van der Waals surface area contributed by atoms with Gasteiger partial charge in [-0.15, -0.1) is 11.8 Å². The molecule has 0 fully saturated rings. The Balaban J connectivity index is 1.75. The Morgan fingerprint density at radius 2 is 1.79 bits per heavy atom. The molecule has 3 aromatic carbocycles. The van der Waals surface area contributed by atoms with Crippen LogP contribution in [-0.2, 0) is 14.3 Å². The number of hydrogen-bond donors (Lipinski definition) is 1. The normalized spacial score (nSPS) is 14.7. The van der Waals surface area contributed by atoms with Crippen LogP contribution in [0.5, 0.6) is 11.5 Å². The Morgan fingerprint density at radius 1 is 1.02 bits per heavy atom. The lowest BCUT2D eigenvalue weighted by molar-refractivity contribution is -0.122. The number of ether oxygens (including phenoxy) is 3. The molecule has 9 nitrogen and oxygen atoms in total. The van der Waals surface area contributed by atoms with Gasteiger partial charge in [0, 0.05) is 37.0 Å². The van der Waals surface area contributed by atoms with Crippen LogP contribution in [0.15, 0.2) is 72.8 Å². The molecule has 2 heterocycles. The molecule has 4 aromatic rings. The fourth-order valence-corrected chi connectivity index (χ4v) is 6.34. The minimum Gasteiger partial charge on any atom is -0.497 e. The van der Waals surface area contributed by atoms with E-state index in [1.54, 1.807) is 30.9 Å². The van der Waals surface area contributed by atoms with Crippen molar-refractivity contribution >= 4 is 29.4 Å². The number of carbonyl (C=O) groups is 2. The first-order chi connectivity index (χ1) is 20.9. The molecule has 2 amide bonds. The molecule has 1 aromatic heterocycles. The van der Waals surface area contributed by atoms with Crippen molar-refractivity contribution in [1.29, 1.82) is 0 Å². The lowest BCUT2D eigenvalue weighted by Crippen LogP contribution is -2.42. The van der Waals surface area contributed by atoms with E-state index in [0.29, 0.717) is 36.9 Å². The fraction of sp³-hybridized carbons (Fsp3) is 0.303. The second-order valence-corrected chi connectivity index (χ2v) is 11.3. The summed E-state index contributed by atoms with van der Waals surface area (Å²) in [5.74, 6) is 1.61. The first kappa shape index (κ1) is 30.2. The second kappa shape index (κ2) is 13.8. The largest absolute Gasteiger partial charge is 0.497 e. The topological polar surface area (TPSA) is 94.9 Å². The molecule has 10 heteroatoms. The SMILES string of the molecule is COCCCNC(=O)CN1C(=O)CS[C@H](c2cc(OC)ccc2OC)c2c(-c3ccccc3)nn(-c3ccc(C)cc3)c21. The van der Waals surface area contributed by atoms with Gasteiger partial charge in [0.05, 0.1) is 36.6 Å². The smallest absolute Gasteiger partial charge is 0.240 e. The average Bonchev–Trinajstić information content (AvgIpc) is 3.36. The number of aryl methyl sites for hydroxylation is 1. The average molecular weight is 601 g/mol. The summed E-state index contributed by atoms with van der Waals surface area (Å²) in [6, 6.07) is 23.5. The molecule has 1 aliphatic heterocycles.